The van der Waals surface area contributed by atoms with Crippen molar-refractivity contribution >= 4 is 63.5 Å². The third-order valence-corrected chi connectivity index (χ3v) is 7.17. The average molecular weight is 482 g/mol. The molecule has 1 fully saturated rings. The van der Waals surface area contributed by atoms with Gasteiger partial charge in [0, 0.05) is 34.8 Å². The zero-order valence-electron chi connectivity index (χ0n) is 16.0. The van der Waals surface area contributed by atoms with Crippen molar-refractivity contribution in [3.05, 3.63) is 21.7 Å². The van der Waals surface area contributed by atoms with Gasteiger partial charge in [-0.05, 0) is 0 Å². The molecule has 3 rings (SSSR count). The van der Waals surface area contributed by atoms with Gasteiger partial charge in [0.1, 0.15) is 22.5 Å². The van der Waals surface area contributed by atoms with Gasteiger partial charge in [-0.25, -0.2) is 9.78 Å². The third-order valence-electron chi connectivity index (χ3n) is 4.00. The van der Waals surface area contributed by atoms with Crippen LogP contribution in [0.5, 0.6) is 0 Å². The van der Waals surface area contributed by atoms with Crippen LogP contribution in [0.1, 0.15) is 5.69 Å². The van der Waals surface area contributed by atoms with Crippen molar-refractivity contribution in [1.29, 1.82) is 0 Å². The Balaban J connectivity index is 0.00000320. The maximum atomic E-state index is 12.6. The largest absolute Gasteiger partial charge is 1.00 e. The summed E-state index contributed by atoms with van der Waals surface area (Å²) in [7, 11) is 1.55. The number of aliphatic imine (C=N–C) groups is 1. The molecule has 11 nitrogen and oxygen atoms in total. The third kappa shape index (κ3) is 4.95. The van der Waals surface area contributed by atoms with Gasteiger partial charge >= 0.3 is 35.5 Å². The number of nitrogen functional groups attached to an aromatic ring is 1. The number of thioether (sulfide) groups is 2. The number of carbonyl (C=O) groups excluding carboxylic acids is 1. The molecule has 3 heterocycles. The van der Waals surface area contributed by atoms with E-state index in [1.165, 1.54) is 28.9 Å². The maximum Gasteiger partial charge on any atom is 1.00 e. The second kappa shape index (κ2) is 10.8. The zero-order chi connectivity index (χ0) is 21.1. The topological polar surface area (TPSA) is 174 Å². The molecule has 0 unspecified atom stereocenters. The number of carboxylic acid groups (broad SMARTS) is 1. The minimum Gasteiger partial charge on any atom is -0.857 e. The molecule has 4 N–H and O–H groups in total. The van der Waals surface area contributed by atoms with Crippen molar-refractivity contribution in [2.75, 3.05) is 31.0 Å². The van der Waals surface area contributed by atoms with E-state index < -0.39 is 34.9 Å². The first kappa shape index (κ1) is 25.0. The Morgan fingerprint density at radius 1 is 1.57 bits per heavy atom. The van der Waals surface area contributed by atoms with E-state index >= 15 is 0 Å². The second-order valence-corrected chi connectivity index (χ2v) is 8.91. The summed E-state index contributed by atoms with van der Waals surface area (Å²) in [4.78, 5) is 33.7. The number of aliphatic carboxylic acids is 1. The molecule has 2 atom stereocenters. The smallest absolute Gasteiger partial charge is 0.857 e. The SMILES string of the molecule is COCCSC1=C(C(=O)O)N2C(=O)[C@@H](N=C([O-])/C(=N/O)c3csc(N)n3)[C@H]2SC1.[Na+]. The second-order valence-electron chi connectivity index (χ2n) is 5.73. The van der Waals surface area contributed by atoms with Gasteiger partial charge in [-0.15, -0.1) is 34.9 Å². The van der Waals surface area contributed by atoms with Crippen LogP contribution in [0.25, 0.3) is 0 Å². The van der Waals surface area contributed by atoms with Gasteiger partial charge in [0.25, 0.3) is 5.91 Å². The molecule has 1 aromatic heterocycles. The van der Waals surface area contributed by atoms with E-state index in [-0.39, 0.29) is 46.1 Å². The number of carboxylic acids is 1. The van der Waals surface area contributed by atoms with E-state index in [9.17, 15) is 19.8 Å². The molecule has 0 bridgehead atoms. The standard InChI is InChI=1S/C15H17N5O6S3.Na/c1-26-2-3-27-7-5-28-13-9(12(22)20(13)10(7)14(23)24)18-11(21)8(19-25)6-4-29-15(16)17-6;/h4,9,13,25H,2-3,5H2,1H3,(H2,16,17)(H,18,21)(H,23,24);/q;+1/p-1/b19-8+;/t9-,13-;/m1./s1. The number of methoxy groups -OCH3 is 1. The molecule has 15 heteroatoms. The summed E-state index contributed by atoms with van der Waals surface area (Å²) in [5.41, 5.74) is 5.03. The van der Waals surface area contributed by atoms with Crippen molar-refractivity contribution in [3.63, 3.8) is 0 Å². The molecule has 1 aromatic rings. The van der Waals surface area contributed by atoms with Crippen molar-refractivity contribution in [1.82, 2.24) is 9.88 Å². The van der Waals surface area contributed by atoms with Crippen LogP contribution >= 0.6 is 34.9 Å². The molecule has 0 saturated carbocycles. The first-order valence-electron chi connectivity index (χ1n) is 8.10. The van der Waals surface area contributed by atoms with E-state index in [0.29, 0.717) is 23.0 Å². The number of carbonyl (C=O) groups is 2. The number of anilines is 1. The number of ether oxygens (including phenoxy) is 1. The number of fused-ring (bicyclic) bond motifs is 1. The van der Waals surface area contributed by atoms with Gasteiger partial charge in [-0.2, -0.15) is 0 Å². The van der Waals surface area contributed by atoms with E-state index in [2.05, 4.69) is 15.1 Å². The van der Waals surface area contributed by atoms with Crippen LogP contribution < -0.4 is 40.4 Å². The van der Waals surface area contributed by atoms with Crippen LogP contribution in [0.15, 0.2) is 26.1 Å². The van der Waals surface area contributed by atoms with E-state index in [1.54, 1.807) is 7.11 Å². The number of oxime groups is 1. The molecule has 2 aliphatic rings. The molecule has 0 spiro atoms. The molecule has 0 aliphatic carbocycles. The van der Waals surface area contributed by atoms with Crippen LogP contribution in [0.4, 0.5) is 5.13 Å². The summed E-state index contributed by atoms with van der Waals surface area (Å²) < 4.78 is 4.97. The molecular formula is C15H16N5NaO6S3. The van der Waals surface area contributed by atoms with Crippen LogP contribution in [0.2, 0.25) is 0 Å². The normalized spacial score (nSPS) is 21.8. The number of hydrogen-bond donors (Lipinski definition) is 3. The number of thiazole rings is 1. The number of rotatable bonds is 8. The predicted octanol–water partition coefficient (Wildman–Crippen LogP) is -3.37. The monoisotopic (exact) mass is 481 g/mol. The Kier molecular flexibility index (Phi) is 9.02. The Bertz CT molecular complexity index is 920. The van der Waals surface area contributed by atoms with E-state index in [1.807, 2.05) is 0 Å². The Morgan fingerprint density at radius 3 is 2.87 bits per heavy atom. The summed E-state index contributed by atoms with van der Waals surface area (Å²) in [6, 6.07) is -1.07. The van der Waals surface area contributed by atoms with Gasteiger partial charge in [-0.3, -0.25) is 14.7 Å². The molecule has 1 saturated heterocycles. The zero-order valence-corrected chi connectivity index (χ0v) is 20.4. The number of β-lactam (4-membered cyclic amide) rings is 1. The Hall–Kier alpha value is -1.29. The van der Waals surface area contributed by atoms with Crippen LogP contribution in [-0.4, -0.2) is 80.3 Å². The van der Waals surface area contributed by atoms with Crippen LogP contribution in [0, 0.1) is 0 Å². The quantitative estimate of drug-likeness (QED) is 0.0647. The molecule has 0 radical (unpaired) electrons. The predicted molar refractivity (Wildman–Crippen MR) is 108 cm³/mol. The minimum atomic E-state index is -1.22. The molecule has 156 valence electrons. The molecule has 0 aromatic carbocycles. The first-order chi connectivity index (χ1) is 13.9. The van der Waals surface area contributed by atoms with Gasteiger partial charge in [0.05, 0.1) is 6.61 Å². The number of aromatic nitrogens is 1. The number of hydrogen-bond acceptors (Lipinski definition) is 12. The summed E-state index contributed by atoms with van der Waals surface area (Å²) in [5, 5.41) is 35.0. The molecular weight excluding hydrogens is 465 g/mol. The fourth-order valence-electron chi connectivity index (χ4n) is 2.70. The summed E-state index contributed by atoms with van der Waals surface area (Å²) in [6.07, 6.45) is 0. The Labute approximate surface area is 205 Å². The van der Waals surface area contributed by atoms with Gasteiger partial charge in [-0.1, -0.05) is 5.16 Å². The first-order valence-corrected chi connectivity index (χ1v) is 11.0. The van der Waals surface area contributed by atoms with Crippen molar-refractivity contribution in [2.45, 2.75) is 11.4 Å². The number of nitrogens with zero attached hydrogens (tertiary/aromatic N) is 4. The average Bonchev–Trinajstić information content (AvgIpc) is 3.12. The van der Waals surface area contributed by atoms with Gasteiger partial charge in [0.15, 0.2) is 11.2 Å². The van der Waals surface area contributed by atoms with Crippen LogP contribution in [-0.2, 0) is 14.3 Å². The van der Waals surface area contributed by atoms with Crippen molar-refractivity contribution in [2.24, 2.45) is 10.1 Å². The molecule has 30 heavy (non-hydrogen) atoms. The summed E-state index contributed by atoms with van der Waals surface area (Å²) in [5.74, 6) is -1.84. The maximum absolute atomic E-state index is 12.6. The fraction of sp³-hybridized carbons (Fsp3) is 0.400. The van der Waals surface area contributed by atoms with Gasteiger partial charge in [0.2, 0.25) is 0 Å². The summed E-state index contributed by atoms with van der Waals surface area (Å²) in [6.45, 7) is 0.444. The van der Waals surface area contributed by atoms with Crippen molar-refractivity contribution in [3.8, 4) is 0 Å². The minimum absolute atomic E-state index is 0. The van der Waals surface area contributed by atoms with E-state index in [0.717, 1.165) is 16.2 Å². The Morgan fingerprint density at radius 2 is 2.30 bits per heavy atom. The molecule has 2 aliphatic heterocycles. The summed E-state index contributed by atoms with van der Waals surface area (Å²) >= 11 is 3.68. The number of amides is 1. The molecule has 1 amide bonds. The van der Waals surface area contributed by atoms with Crippen molar-refractivity contribution < 1.29 is 59.3 Å². The van der Waals surface area contributed by atoms with E-state index in [4.69, 9.17) is 15.7 Å². The number of nitrogens with two attached hydrogens (primary N) is 1. The van der Waals surface area contributed by atoms with Gasteiger partial charge < -0.3 is 25.9 Å². The van der Waals surface area contributed by atoms with Crippen LogP contribution in [0.3, 0.4) is 0 Å². The fourth-order valence-corrected chi connectivity index (χ4v) is 5.78.